The molecule has 0 spiro atoms. The van der Waals surface area contributed by atoms with E-state index in [2.05, 4.69) is 10.3 Å². The summed E-state index contributed by atoms with van der Waals surface area (Å²) in [6.45, 7) is 1.26. The SMILES string of the molecule is O=C(NCC(=O)N1CCN(C(=O)c2cccc(Cl)c2)CC1)c1c[nH]c2ccccc2c1=O. The van der Waals surface area contributed by atoms with Gasteiger partial charge in [0.1, 0.15) is 5.56 Å². The first kappa shape index (κ1) is 21.6. The summed E-state index contributed by atoms with van der Waals surface area (Å²) in [5.74, 6) is -1.02. The summed E-state index contributed by atoms with van der Waals surface area (Å²) in [6, 6.07) is 13.6. The molecule has 2 heterocycles. The molecule has 9 heteroatoms. The third kappa shape index (κ3) is 4.50. The lowest BCUT2D eigenvalue weighted by atomic mass is 10.1. The van der Waals surface area contributed by atoms with Gasteiger partial charge in [-0.25, -0.2) is 0 Å². The molecule has 3 aromatic rings. The minimum absolute atomic E-state index is 0.0477. The zero-order chi connectivity index (χ0) is 22.7. The van der Waals surface area contributed by atoms with Crippen molar-refractivity contribution in [1.29, 1.82) is 0 Å². The van der Waals surface area contributed by atoms with Gasteiger partial charge in [-0.2, -0.15) is 0 Å². The summed E-state index contributed by atoms with van der Waals surface area (Å²) in [5, 5.41) is 3.42. The second-order valence-electron chi connectivity index (χ2n) is 7.44. The monoisotopic (exact) mass is 452 g/mol. The average Bonchev–Trinajstić information content (AvgIpc) is 2.82. The van der Waals surface area contributed by atoms with Gasteiger partial charge in [-0.1, -0.05) is 29.8 Å². The first-order chi connectivity index (χ1) is 15.4. The number of nitrogens with zero attached hydrogens (tertiary/aromatic N) is 2. The van der Waals surface area contributed by atoms with Crippen LogP contribution in [0, 0.1) is 0 Å². The quantitative estimate of drug-likeness (QED) is 0.631. The molecule has 0 unspecified atom stereocenters. The highest BCUT2D eigenvalue weighted by Gasteiger charge is 2.25. The Hall–Kier alpha value is -3.65. The van der Waals surface area contributed by atoms with Crippen molar-refractivity contribution < 1.29 is 14.4 Å². The van der Waals surface area contributed by atoms with Gasteiger partial charge in [-0.05, 0) is 30.3 Å². The maximum Gasteiger partial charge on any atom is 0.257 e. The van der Waals surface area contributed by atoms with E-state index in [1.54, 1.807) is 58.3 Å². The molecule has 0 aliphatic carbocycles. The molecule has 1 aromatic heterocycles. The van der Waals surface area contributed by atoms with Crippen LogP contribution in [-0.4, -0.2) is 65.2 Å². The Morgan fingerprint density at radius 1 is 0.969 bits per heavy atom. The van der Waals surface area contributed by atoms with Crippen LogP contribution >= 0.6 is 11.6 Å². The number of hydrogen-bond donors (Lipinski definition) is 2. The standard InChI is InChI=1S/C23H21ClN4O4/c24-16-5-3-4-15(12-16)23(32)28-10-8-27(9-11-28)20(29)14-26-22(31)18-13-25-19-7-2-1-6-17(19)21(18)30/h1-7,12-13H,8-11,14H2,(H,25,30)(H,26,31). The topological polar surface area (TPSA) is 103 Å². The van der Waals surface area contributed by atoms with Crippen molar-refractivity contribution in [2.24, 2.45) is 0 Å². The van der Waals surface area contributed by atoms with Crippen molar-refractivity contribution in [2.75, 3.05) is 32.7 Å². The van der Waals surface area contributed by atoms with Gasteiger partial charge in [0, 0.05) is 53.9 Å². The second kappa shape index (κ2) is 9.23. The second-order valence-corrected chi connectivity index (χ2v) is 7.88. The number of amides is 3. The molecule has 1 saturated heterocycles. The highest BCUT2D eigenvalue weighted by atomic mass is 35.5. The Kier molecular flexibility index (Phi) is 6.23. The van der Waals surface area contributed by atoms with Crippen molar-refractivity contribution in [3.63, 3.8) is 0 Å². The molecule has 0 saturated carbocycles. The molecular weight excluding hydrogens is 432 g/mol. The Morgan fingerprint density at radius 3 is 2.44 bits per heavy atom. The van der Waals surface area contributed by atoms with Crippen LogP contribution in [0.2, 0.25) is 5.02 Å². The fraction of sp³-hybridized carbons (Fsp3) is 0.217. The van der Waals surface area contributed by atoms with Crippen LogP contribution in [0.3, 0.4) is 0 Å². The third-order valence-electron chi connectivity index (χ3n) is 5.42. The fourth-order valence-electron chi connectivity index (χ4n) is 3.66. The zero-order valence-corrected chi connectivity index (χ0v) is 17.9. The van der Waals surface area contributed by atoms with Gasteiger partial charge >= 0.3 is 0 Å². The summed E-state index contributed by atoms with van der Waals surface area (Å²) in [4.78, 5) is 56.3. The smallest absolute Gasteiger partial charge is 0.257 e. The number of rotatable bonds is 4. The predicted octanol–water partition coefficient (Wildman–Crippen LogP) is 1.90. The van der Waals surface area contributed by atoms with E-state index in [0.717, 1.165) is 0 Å². The van der Waals surface area contributed by atoms with E-state index in [4.69, 9.17) is 11.6 Å². The van der Waals surface area contributed by atoms with E-state index >= 15 is 0 Å². The Balaban J connectivity index is 1.32. The number of hydrogen-bond acceptors (Lipinski definition) is 4. The number of carbonyl (C=O) groups is 3. The number of para-hydroxylation sites is 1. The molecule has 1 fully saturated rings. The molecule has 164 valence electrons. The summed E-state index contributed by atoms with van der Waals surface area (Å²) < 4.78 is 0. The average molecular weight is 453 g/mol. The number of aromatic amines is 1. The summed E-state index contributed by atoms with van der Waals surface area (Å²) in [6.07, 6.45) is 1.35. The number of halogens is 1. The molecule has 8 nitrogen and oxygen atoms in total. The summed E-state index contributed by atoms with van der Waals surface area (Å²) >= 11 is 5.96. The number of aromatic nitrogens is 1. The largest absolute Gasteiger partial charge is 0.360 e. The van der Waals surface area contributed by atoms with E-state index in [1.807, 2.05) is 0 Å². The molecule has 32 heavy (non-hydrogen) atoms. The van der Waals surface area contributed by atoms with Crippen molar-refractivity contribution >= 4 is 40.2 Å². The number of piperazine rings is 1. The van der Waals surface area contributed by atoms with Crippen LogP contribution in [-0.2, 0) is 4.79 Å². The molecule has 4 rings (SSSR count). The van der Waals surface area contributed by atoms with Gasteiger partial charge < -0.3 is 20.1 Å². The predicted molar refractivity (Wildman–Crippen MR) is 121 cm³/mol. The fourth-order valence-corrected chi connectivity index (χ4v) is 3.85. The Bertz CT molecular complexity index is 1250. The molecule has 0 atom stereocenters. The van der Waals surface area contributed by atoms with Gasteiger partial charge in [0.25, 0.3) is 11.8 Å². The number of carbonyl (C=O) groups excluding carboxylic acids is 3. The van der Waals surface area contributed by atoms with Gasteiger partial charge in [-0.3, -0.25) is 19.2 Å². The highest BCUT2D eigenvalue weighted by molar-refractivity contribution is 6.30. The lowest BCUT2D eigenvalue weighted by molar-refractivity contribution is -0.131. The van der Waals surface area contributed by atoms with Gasteiger partial charge in [0.05, 0.1) is 6.54 Å². The maximum atomic E-state index is 12.6. The van der Waals surface area contributed by atoms with Gasteiger partial charge in [0.15, 0.2) is 0 Å². The summed E-state index contributed by atoms with van der Waals surface area (Å²) in [7, 11) is 0. The minimum atomic E-state index is -0.611. The molecule has 3 amide bonds. The maximum absolute atomic E-state index is 12.6. The minimum Gasteiger partial charge on any atom is -0.360 e. The van der Waals surface area contributed by atoms with E-state index in [9.17, 15) is 19.2 Å². The normalized spacial score (nSPS) is 13.8. The van der Waals surface area contributed by atoms with E-state index < -0.39 is 11.3 Å². The Morgan fingerprint density at radius 2 is 1.69 bits per heavy atom. The third-order valence-corrected chi connectivity index (χ3v) is 5.66. The van der Waals surface area contributed by atoms with Crippen molar-refractivity contribution in [3.05, 3.63) is 81.1 Å². The van der Waals surface area contributed by atoms with E-state index in [0.29, 0.717) is 47.7 Å². The van der Waals surface area contributed by atoms with E-state index in [1.165, 1.54) is 6.20 Å². The lowest BCUT2D eigenvalue weighted by Crippen LogP contribution is -2.52. The van der Waals surface area contributed by atoms with Gasteiger partial charge in [0.2, 0.25) is 11.3 Å². The van der Waals surface area contributed by atoms with Crippen LogP contribution < -0.4 is 10.7 Å². The van der Waals surface area contributed by atoms with Gasteiger partial charge in [-0.15, -0.1) is 0 Å². The van der Waals surface area contributed by atoms with Crippen molar-refractivity contribution in [1.82, 2.24) is 20.1 Å². The highest BCUT2D eigenvalue weighted by Crippen LogP contribution is 2.14. The molecule has 2 aromatic carbocycles. The van der Waals surface area contributed by atoms with Crippen LogP contribution in [0.25, 0.3) is 10.9 Å². The molecule has 0 radical (unpaired) electrons. The zero-order valence-electron chi connectivity index (χ0n) is 17.1. The number of nitrogens with one attached hydrogen (secondary N) is 2. The summed E-state index contributed by atoms with van der Waals surface area (Å²) in [5.41, 5.74) is 0.700. The number of pyridine rings is 1. The van der Waals surface area contributed by atoms with Crippen molar-refractivity contribution in [3.8, 4) is 0 Å². The molecule has 1 aliphatic rings. The number of fused-ring (bicyclic) bond motifs is 1. The lowest BCUT2D eigenvalue weighted by Gasteiger charge is -2.34. The first-order valence-electron chi connectivity index (χ1n) is 10.2. The van der Waals surface area contributed by atoms with Crippen molar-refractivity contribution in [2.45, 2.75) is 0 Å². The Labute approximate surface area is 188 Å². The first-order valence-corrected chi connectivity index (χ1v) is 10.5. The number of benzene rings is 2. The molecule has 1 aliphatic heterocycles. The molecular formula is C23H21ClN4O4. The molecule has 2 N–H and O–H groups in total. The van der Waals surface area contributed by atoms with Crippen LogP contribution in [0.5, 0.6) is 0 Å². The number of H-pyrrole nitrogens is 1. The van der Waals surface area contributed by atoms with E-state index in [-0.39, 0.29) is 23.9 Å². The van der Waals surface area contributed by atoms with Crippen LogP contribution in [0.1, 0.15) is 20.7 Å². The van der Waals surface area contributed by atoms with Crippen LogP contribution in [0.4, 0.5) is 0 Å². The van der Waals surface area contributed by atoms with Crippen LogP contribution in [0.15, 0.2) is 59.5 Å². The molecule has 0 bridgehead atoms.